The normalized spacial score (nSPS) is 18.2. The molecule has 0 radical (unpaired) electrons. The fourth-order valence-corrected chi connectivity index (χ4v) is 2.23. The van der Waals surface area contributed by atoms with Gasteiger partial charge in [-0.25, -0.2) is 0 Å². The summed E-state index contributed by atoms with van der Waals surface area (Å²) >= 11 is 2.14. The van der Waals surface area contributed by atoms with Gasteiger partial charge in [-0.2, -0.15) is 10.4 Å². The molecule has 0 aliphatic heterocycles. The lowest BCUT2D eigenvalue weighted by atomic mass is 9.98. The first-order valence-electron chi connectivity index (χ1n) is 5.44. The Labute approximate surface area is 113 Å². The first-order chi connectivity index (χ1) is 8.03. The van der Waals surface area contributed by atoms with Crippen molar-refractivity contribution in [2.75, 3.05) is 0 Å². The van der Waals surface area contributed by atoms with Crippen molar-refractivity contribution < 1.29 is 4.79 Å². The van der Waals surface area contributed by atoms with Crippen LogP contribution in [0, 0.1) is 20.8 Å². The highest BCUT2D eigenvalue weighted by Gasteiger charge is 2.42. The summed E-state index contributed by atoms with van der Waals surface area (Å²) in [6.45, 7) is 1.95. The minimum absolute atomic E-state index is 0.160. The second-order valence-electron chi connectivity index (χ2n) is 4.49. The molecule has 0 unspecified atom stereocenters. The van der Waals surface area contributed by atoms with Crippen LogP contribution in [-0.4, -0.2) is 21.2 Å². The monoisotopic (exact) mass is 344 g/mol. The van der Waals surface area contributed by atoms with Gasteiger partial charge >= 0.3 is 0 Å². The highest BCUT2D eigenvalue weighted by Crippen LogP contribution is 2.39. The number of aromatic nitrogens is 2. The molecule has 1 fully saturated rings. The van der Waals surface area contributed by atoms with E-state index in [-0.39, 0.29) is 12.5 Å². The van der Waals surface area contributed by atoms with Gasteiger partial charge in [0.15, 0.2) is 0 Å². The number of hydrogen-bond acceptors (Lipinski definition) is 3. The first kappa shape index (κ1) is 12.4. The fraction of sp³-hybridized carbons (Fsp3) is 0.545. The SMILES string of the molecule is C[C@](C#N)(NC(=O)Cn1cc(I)cn1)C1CC1. The molecule has 1 aliphatic carbocycles. The van der Waals surface area contributed by atoms with E-state index in [1.54, 1.807) is 24.0 Å². The van der Waals surface area contributed by atoms with Crippen LogP contribution in [0.15, 0.2) is 12.4 Å². The van der Waals surface area contributed by atoms with Crippen LogP contribution in [0.1, 0.15) is 19.8 Å². The van der Waals surface area contributed by atoms with Gasteiger partial charge in [0.1, 0.15) is 12.1 Å². The van der Waals surface area contributed by atoms with Crippen LogP contribution in [0.5, 0.6) is 0 Å². The molecule has 1 heterocycles. The van der Waals surface area contributed by atoms with Gasteiger partial charge in [0.25, 0.3) is 0 Å². The number of halogens is 1. The summed E-state index contributed by atoms with van der Waals surface area (Å²) in [4.78, 5) is 11.8. The molecule has 1 atom stereocenters. The first-order valence-corrected chi connectivity index (χ1v) is 6.51. The van der Waals surface area contributed by atoms with Crippen LogP contribution in [0.25, 0.3) is 0 Å². The number of nitrogens with one attached hydrogen (secondary N) is 1. The van der Waals surface area contributed by atoms with Gasteiger partial charge in [-0.15, -0.1) is 0 Å². The third kappa shape index (κ3) is 2.97. The number of rotatable bonds is 4. The van der Waals surface area contributed by atoms with Crippen molar-refractivity contribution in [1.82, 2.24) is 15.1 Å². The Kier molecular flexibility index (Phi) is 3.38. The molecule has 1 N–H and O–H groups in total. The molecule has 1 amide bonds. The van der Waals surface area contributed by atoms with Crippen molar-refractivity contribution in [2.24, 2.45) is 5.92 Å². The summed E-state index contributed by atoms with van der Waals surface area (Å²) in [6.07, 6.45) is 5.52. The number of hydrogen-bond donors (Lipinski definition) is 1. The van der Waals surface area contributed by atoms with Gasteiger partial charge in [-0.1, -0.05) is 0 Å². The largest absolute Gasteiger partial charge is 0.336 e. The number of nitriles is 1. The molecule has 1 aromatic heterocycles. The van der Waals surface area contributed by atoms with Crippen LogP contribution in [0.4, 0.5) is 0 Å². The van der Waals surface area contributed by atoms with E-state index in [4.69, 9.17) is 5.26 Å². The van der Waals surface area contributed by atoms with Crippen LogP contribution in [0.3, 0.4) is 0 Å². The molecular formula is C11H13IN4O. The maximum absolute atomic E-state index is 11.8. The molecule has 0 saturated heterocycles. The standard InChI is InChI=1S/C11H13IN4O/c1-11(7-13,8-2-3-8)15-10(17)6-16-5-9(12)4-14-16/h4-5,8H,2-3,6H2,1H3,(H,15,17)/t11-/m1/s1. The van der Waals surface area contributed by atoms with E-state index >= 15 is 0 Å². The number of carbonyl (C=O) groups excluding carboxylic acids is 1. The van der Waals surface area contributed by atoms with Crippen molar-refractivity contribution in [3.63, 3.8) is 0 Å². The Hall–Kier alpha value is -1.10. The van der Waals surface area contributed by atoms with Crippen LogP contribution in [0.2, 0.25) is 0 Å². The molecule has 0 bridgehead atoms. The van der Waals surface area contributed by atoms with E-state index in [0.29, 0.717) is 5.92 Å². The fourth-order valence-electron chi connectivity index (χ4n) is 1.78. The molecule has 0 aromatic carbocycles. The van der Waals surface area contributed by atoms with E-state index in [1.165, 1.54) is 0 Å². The van der Waals surface area contributed by atoms with Gasteiger partial charge in [0.2, 0.25) is 5.91 Å². The molecule has 1 aliphatic rings. The summed E-state index contributed by atoms with van der Waals surface area (Å²) in [7, 11) is 0. The van der Waals surface area contributed by atoms with Crippen molar-refractivity contribution >= 4 is 28.5 Å². The molecule has 90 valence electrons. The summed E-state index contributed by atoms with van der Waals surface area (Å²) in [6, 6.07) is 2.20. The molecule has 1 aromatic rings. The number of carbonyl (C=O) groups is 1. The smallest absolute Gasteiger partial charge is 0.242 e. The zero-order valence-corrected chi connectivity index (χ0v) is 11.6. The molecular weight excluding hydrogens is 331 g/mol. The van der Waals surface area contributed by atoms with E-state index in [9.17, 15) is 4.79 Å². The third-order valence-electron chi connectivity index (χ3n) is 2.93. The lowest BCUT2D eigenvalue weighted by Crippen LogP contribution is -2.47. The van der Waals surface area contributed by atoms with Crippen molar-refractivity contribution in [3.8, 4) is 6.07 Å². The maximum Gasteiger partial charge on any atom is 0.242 e. The molecule has 6 heteroatoms. The second kappa shape index (κ2) is 4.64. The predicted octanol–water partition coefficient (Wildman–Crippen LogP) is 1.30. The topological polar surface area (TPSA) is 70.7 Å². The quantitative estimate of drug-likeness (QED) is 0.837. The Bertz CT molecular complexity index is 474. The summed E-state index contributed by atoms with van der Waals surface area (Å²) in [5.74, 6) is 0.134. The van der Waals surface area contributed by atoms with E-state index in [0.717, 1.165) is 16.4 Å². The summed E-state index contributed by atoms with van der Waals surface area (Å²) < 4.78 is 2.56. The molecule has 17 heavy (non-hydrogen) atoms. The van der Waals surface area contributed by atoms with Gasteiger partial charge in [-0.05, 0) is 48.3 Å². The van der Waals surface area contributed by atoms with E-state index < -0.39 is 5.54 Å². The van der Waals surface area contributed by atoms with Gasteiger partial charge in [0, 0.05) is 6.20 Å². The Morgan fingerprint density at radius 1 is 1.82 bits per heavy atom. The lowest BCUT2D eigenvalue weighted by Gasteiger charge is -2.22. The number of amides is 1. The maximum atomic E-state index is 11.8. The third-order valence-corrected chi connectivity index (χ3v) is 3.49. The highest BCUT2D eigenvalue weighted by atomic mass is 127. The highest BCUT2D eigenvalue weighted by molar-refractivity contribution is 14.1. The summed E-state index contributed by atoms with van der Waals surface area (Å²) in [5.41, 5.74) is -0.725. The molecule has 5 nitrogen and oxygen atoms in total. The van der Waals surface area contributed by atoms with E-state index in [2.05, 4.69) is 39.1 Å². The van der Waals surface area contributed by atoms with Crippen molar-refractivity contribution in [3.05, 3.63) is 16.0 Å². The second-order valence-corrected chi connectivity index (χ2v) is 5.74. The van der Waals surface area contributed by atoms with Crippen molar-refractivity contribution in [2.45, 2.75) is 31.8 Å². The summed E-state index contributed by atoms with van der Waals surface area (Å²) in [5, 5.41) is 16.0. The van der Waals surface area contributed by atoms with Crippen molar-refractivity contribution in [1.29, 1.82) is 5.26 Å². The Morgan fingerprint density at radius 2 is 2.53 bits per heavy atom. The van der Waals surface area contributed by atoms with Gasteiger partial charge in [-0.3, -0.25) is 9.48 Å². The Balaban J connectivity index is 1.95. The minimum atomic E-state index is -0.725. The van der Waals surface area contributed by atoms with Gasteiger partial charge < -0.3 is 5.32 Å². The Morgan fingerprint density at radius 3 is 3.00 bits per heavy atom. The van der Waals surface area contributed by atoms with Gasteiger partial charge in [0.05, 0.1) is 15.8 Å². The van der Waals surface area contributed by atoms with Crippen LogP contribution < -0.4 is 5.32 Å². The molecule has 0 spiro atoms. The predicted molar refractivity (Wildman–Crippen MR) is 69.8 cm³/mol. The van der Waals surface area contributed by atoms with Crippen LogP contribution >= 0.6 is 22.6 Å². The van der Waals surface area contributed by atoms with Crippen LogP contribution in [-0.2, 0) is 11.3 Å². The lowest BCUT2D eigenvalue weighted by molar-refractivity contribution is -0.123. The molecule has 1 saturated carbocycles. The average molecular weight is 344 g/mol. The zero-order chi connectivity index (χ0) is 12.5. The number of nitrogens with zero attached hydrogens (tertiary/aromatic N) is 3. The minimum Gasteiger partial charge on any atom is -0.336 e. The zero-order valence-electron chi connectivity index (χ0n) is 9.48. The average Bonchev–Trinajstić information content (AvgIpc) is 3.04. The molecule has 2 rings (SSSR count). The van der Waals surface area contributed by atoms with E-state index in [1.807, 2.05) is 0 Å².